The van der Waals surface area contributed by atoms with Gasteiger partial charge in [-0.1, -0.05) is 12.1 Å². The van der Waals surface area contributed by atoms with Crippen molar-refractivity contribution in [3.63, 3.8) is 0 Å². The van der Waals surface area contributed by atoms with Gasteiger partial charge in [0.15, 0.2) is 5.82 Å². The van der Waals surface area contributed by atoms with Gasteiger partial charge in [-0.25, -0.2) is 23.9 Å². The fraction of sp³-hybridized carbons (Fsp3) is 0.269. The molecule has 4 aromatic heterocycles. The standard InChI is InChI=1S/C26H27FN10/c1-26(28,20-3-5-22(27)6-4-20)21-13-29-25(30-14-21)36-9-7-35(8-10-36)24-23-11-18(16-37(23)33-17-31-24)19-12-32-34(2)15-19/h3-6,11-17H,7-10,28H2,1-2H3/i2D3,7D2,8D2,9D2,10D2. The lowest BCUT2D eigenvalue weighted by Gasteiger charge is -2.35. The van der Waals surface area contributed by atoms with Gasteiger partial charge in [0.25, 0.3) is 0 Å². The molecule has 1 unspecified atom stereocenters. The van der Waals surface area contributed by atoms with E-state index in [1.54, 1.807) is 6.92 Å². The molecular formula is C26H27FN10. The maximum Gasteiger partial charge on any atom is 0.225 e. The Morgan fingerprint density at radius 3 is 2.35 bits per heavy atom. The zero-order valence-corrected chi connectivity index (χ0v) is 19.3. The van der Waals surface area contributed by atoms with E-state index < -0.39 is 56.1 Å². The lowest BCUT2D eigenvalue weighted by Crippen LogP contribution is -2.47. The number of halogens is 1. The van der Waals surface area contributed by atoms with Crippen LogP contribution in [0, 0.1) is 5.82 Å². The molecular weight excluding hydrogens is 471 g/mol. The molecule has 1 aliphatic heterocycles. The fourth-order valence-electron chi connectivity index (χ4n) is 3.85. The Labute approximate surface area is 228 Å². The summed E-state index contributed by atoms with van der Waals surface area (Å²) in [6.45, 7) is -14.3. The third kappa shape index (κ3) is 4.27. The fourth-order valence-corrected chi connectivity index (χ4v) is 3.85. The Balaban J connectivity index is 1.42. The maximum atomic E-state index is 13.5. The Hall–Kier alpha value is -4.38. The van der Waals surface area contributed by atoms with Crippen LogP contribution in [0.5, 0.6) is 0 Å². The Morgan fingerprint density at radius 2 is 1.65 bits per heavy atom. The maximum absolute atomic E-state index is 13.5. The van der Waals surface area contributed by atoms with Crippen LogP contribution in [-0.2, 0) is 12.5 Å². The van der Waals surface area contributed by atoms with E-state index in [0.29, 0.717) is 16.7 Å². The second-order valence-corrected chi connectivity index (χ2v) is 8.41. The summed E-state index contributed by atoms with van der Waals surface area (Å²) in [6.07, 6.45) is 7.29. The van der Waals surface area contributed by atoms with Crippen LogP contribution < -0.4 is 15.5 Å². The molecule has 2 N–H and O–H groups in total. The predicted molar refractivity (Wildman–Crippen MR) is 139 cm³/mol. The van der Waals surface area contributed by atoms with E-state index >= 15 is 0 Å². The van der Waals surface area contributed by atoms with Gasteiger partial charge < -0.3 is 15.5 Å². The topological polar surface area (TPSA) is 106 Å². The number of benzene rings is 1. The van der Waals surface area contributed by atoms with Crippen molar-refractivity contribution in [3.05, 3.63) is 84.6 Å². The molecule has 188 valence electrons. The molecule has 37 heavy (non-hydrogen) atoms. The summed E-state index contributed by atoms with van der Waals surface area (Å²) in [6, 6.07) is 6.76. The van der Waals surface area contributed by atoms with Crippen molar-refractivity contribution in [3.8, 4) is 11.1 Å². The van der Waals surface area contributed by atoms with Gasteiger partial charge in [-0.3, -0.25) is 4.68 Å². The number of aromatic nitrogens is 7. The van der Waals surface area contributed by atoms with Gasteiger partial charge in [0.2, 0.25) is 5.95 Å². The summed E-state index contributed by atoms with van der Waals surface area (Å²) in [5, 5.41) is 7.92. The van der Waals surface area contributed by atoms with Crippen LogP contribution in [0.4, 0.5) is 16.2 Å². The first-order valence-electron chi connectivity index (χ1n) is 16.5. The molecule has 1 atom stereocenters. The molecule has 0 aliphatic carbocycles. The summed E-state index contributed by atoms with van der Waals surface area (Å²) in [7, 11) is 0. The van der Waals surface area contributed by atoms with E-state index in [9.17, 15) is 4.39 Å². The lowest BCUT2D eigenvalue weighted by molar-refractivity contribution is 0.585. The molecule has 0 spiro atoms. The van der Waals surface area contributed by atoms with Crippen molar-refractivity contribution in [2.75, 3.05) is 35.8 Å². The van der Waals surface area contributed by atoms with Crippen molar-refractivity contribution in [1.82, 2.24) is 34.3 Å². The van der Waals surface area contributed by atoms with Gasteiger partial charge in [-0.15, -0.1) is 0 Å². The molecule has 1 fully saturated rings. The molecule has 1 aliphatic rings. The summed E-state index contributed by atoms with van der Waals surface area (Å²) in [5.74, 6) is -1.63. The first-order chi connectivity index (χ1) is 22.1. The summed E-state index contributed by atoms with van der Waals surface area (Å²) >= 11 is 0. The second kappa shape index (κ2) is 8.93. The lowest BCUT2D eigenvalue weighted by atomic mass is 9.87. The first kappa shape index (κ1) is 13.8. The number of anilines is 2. The highest BCUT2D eigenvalue weighted by Gasteiger charge is 2.26. The minimum atomic E-state index is -3.34. The number of aryl methyl sites for hydroxylation is 1. The molecule has 0 bridgehead atoms. The molecule has 5 heterocycles. The highest BCUT2D eigenvalue weighted by molar-refractivity contribution is 5.77. The van der Waals surface area contributed by atoms with Gasteiger partial charge in [0.05, 0.1) is 22.7 Å². The average molecular weight is 510 g/mol. The SMILES string of the molecule is [2H]C([2H])([2H])n1cc(-c2cc3c(N4C([2H])([2H])C([2H])([2H])N(c5ncc(C(C)(N)c6ccc(F)cc6)cn5)C([2H])([2H])C4([2H])[2H])ncnn3c2)cn1. The highest BCUT2D eigenvalue weighted by Crippen LogP contribution is 2.29. The summed E-state index contributed by atoms with van der Waals surface area (Å²) in [5.41, 5.74) is 6.63. The van der Waals surface area contributed by atoms with E-state index in [1.807, 2.05) is 0 Å². The van der Waals surface area contributed by atoms with Gasteiger partial charge in [0.1, 0.15) is 17.7 Å². The predicted octanol–water partition coefficient (Wildman–Crippen LogP) is 2.61. The van der Waals surface area contributed by atoms with Crippen LogP contribution in [-0.4, -0.2) is 60.3 Å². The number of nitrogens with two attached hydrogens (primary N) is 1. The van der Waals surface area contributed by atoms with Crippen molar-refractivity contribution in [2.24, 2.45) is 12.7 Å². The largest absolute Gasteiger partial charge is 0.351 e. The smallest absolute Gasteiger partial charge is 0.225 e. The second-order valence-electron chi connectivity index (χ2n) is 8.41. The average Bonchev–Trinajstić information content (AvgIpc) is 3.65. The van der Waals surface area contributed by atoms with Crippen molar-refractivity contribution in [1.29, 1.82) is 0 Å². The van der Waals surface area contributed by atoms with Gasteiger partial charge in [-0.05, 0) is 30.7 Å². The normalized spacial score (nSPS) is 26.0. The Bertz CT molecular complexity index is 1960. The zero-order chi connectivity index (χ0) is 35.2. The molecule has 1 saturated heterocycles. The third-order valence-corrected chi connectivity index (χ3v) is 5.94. The van der Waals surface area contributed by atoms with Crippen LogP contribution in [0.15, 0.2) is 67.6 Å². The molecule has 0 radical (unpaired) electrons. The molecule has 0 saturated carbocycles. The van der Waals surface area contributed by atoms with E-state index in [2.05, 4.69) is 25.1 Å². The summed E-state index contributed by atoms with van der Waals surface area (Å²) in [4.78, 5) is 12.7. The van der Waals surface area contributed by atoms with Crippen LogP contribution in [0.2, 0.25) is 0 Å². The number of nitrogens with zero attached hydrogens (tertiary/aromatic N) is 9. The van der Waals surface area contributed by atoms with Crippen LogP contribution in [0.1, 0.15) is 33.1 Å². The zero-order valence-electron chi connectivity index (χ0n) is 30.3. The van der Waals surface area contributed by atoms with E-state index in [4.69, 9.17) is 20.8 Å². The van der Waals surface area contributed by atoms with Crippen molar-refractivity contribution >= 4 is 17.3 Å². The minimum Gasteiger partial charge on any atom is -0.351 e. The van der Waals surface area contributed by atoms with Gasteiger partial charge in [-0.2, -0.15) is 10.2 Å². The first-order valence-corrected chi connectivity index (χ1v) is 11.0. The number of hydrogen-bond donors (Lipinski definition) is 1. The van der Waals surface area contributed by atoms with Crippen molar-refractivity contribution in [2.45, 2.75) is 12.5 Å². The molecule has 1 aromatic carbocycles. The number of fused-ring (bicyclic) bond motifs is 1. The molecule has 5 aromatic rings. The Kier molecular flexibility index (Phi) is 3.33. The van der Waals surface area contributed by atoms with Crippen molar-refractivity contribution < 1.29 is 19.5 Å². The van der Waals surface area contributed by atoms with Crippen LogP contribution >= 0.6 is 0 Å². The van der Waals surface area contributed by atoms with Crippen LogP contribution in [0.25, 0.3) is 16.6 Å². The number of rotatable bonds is 5. The quantitative estimate of drug-likeness (QED) is 0.385. The van der Waals surface area contributed by atoms with E-state index in [-0.39, 0.29) is 20.9 Å². The third-order valence-electron chi connectivity index (χ3n) is 5.94. The minimum absolute atomic E-state index is 0.0365. The highest BCUT2D eigenvalue weighted by atomic mass is 19.1. The van der Waals surface area contributed by atoms with E-state index in [0.717, 1.165) is 11.0 Å². The van der Waals surface area contributed by atoms with Gasteiger partial charge >= 0.3 is 0 Å². The molecule has 10 nitrogen and oxygen atoms in total. The van der Waals surface area contributed by atoms with Gasteiger partial charge in [0, 0.05) is 78.6 Å². The molecule has 6 rings (SSSR count). The number of piperazine rings is 1. The molecule has 0 amide bonds. The van der Waals surface area contributed by atoms with Crippen LogP contribution in [0.3, 0.4) is 0 Å². The molecule has 11 heteroatoms. The van der Waals surface area contributed by atoms with E-state index in [1.165, 1.54) is 65.8 Å². The number of hydrogen-bond acceptors (Lipinski definition) is 8. The monoisotopic (exact) mass is 509 g/mol. The Morgan fingerprint density at radius 1 is 0.919 bits per heavy atom. The summed E-state index contributed by atoms with van der Waals surface area (Å²) < 4.78 is 109.